The van der Waals surface area contributed by atoms with Gasteiger partial charge >= 0.3 is 0 Å². The Morgan fingerprint density at radius 2 is 1.55 bits per heavy atom. The van der Waals surface area contributed by atoms with Crippen molar-refractivity contribution in [1.82, 2.24) is 14.8 Å². The lowest BCUT2D eigenvalue weighted by molar-refractivity contribution is 0.104. The summed E-state index contributed by atoms with van der Waals surface area (Å²) < 4.78 is 0. The first kappa shape index (κ1) is 27.6. The fourth-order valence-corrected chi connectivity index (χ4v) is 5.72. The highest BCUT2D eigenvalue weighted by molar-refractivity contribution is 6.07. The predicted molar refractivity (Wildman–Crippen MR) is 170 cm³/mol. The molecule has 1 aromatic heterocycles. The topological polar surface area (TPSA) is 66.7 Å². The largest absolute Gasteiger partial charge is 0.369 e. The Morgan fingerprint density at radius 3 is 2.26 bits per heavy atom. The third-order valence-corrected chi connectivity index (χ3v) is 8.33. The molecule has 3 heterocycles. The standard InChI is InChI=1S/C35H36N6O/c1-38-16-20-41(21-17-38)35-31(24-30-4-2-3-5-33(30)37-35)12-15-34(42)29-10-13-32(14-11-29)40-22-18-39(19-23-40)26-28-8-6-27(25-36)7-9-28/h2-15,24H,16-23,26H2,1H3/b15-12+. The smallest absolute Gasteiger partial charge is 0.185 e. The van der Waals surface area contributed by atoms with Gasteiger partial charge in [0.1, 0.15) is 5.82 Å². The molecule has 212 valence electrons. The van der Waals surface area contributed by atoms with E-state index >= 15 is 0 Å². The first-order chi connectivity index (χ1) is 20.6. The molecule has 42 heavy (non-hydrogen) atoms. The lowest BCUT2D eigenvalue weighted by Crippen LogP contribution is -2.45. The summed E-state index contributed by atoms with van der Waals surface area (Å²) in [6.45, 7) is 8.54. The highest BCUT2D eigenvalue weighted by atomic mass is 16.1. The predicted octanol–water partition coefficient (Wildman–Crippen LogP) is 5.08. The van der Waals surface area contributed by atoms with Crippen LogP contribution in [0.25, 0.3) is 17.0 Å². The molecule has 2 aliphatic rings. The van der Waals surface area contributed by atoms with Gasteiger partial charge in [0.2, 0.25) is 0 Å². The van der Waals surface area contributed by atoms with Crippen LogP contribution in [0.5, 0.6) is 0 Å². The SMILES string of the molecule is CN1CCN(c2nc3ccccc3cc2/C=C/C(=O)c2ccc(N3CCN(Cc4ccc(C#N)cc4)CC3)cc2)CC1. The fourth-order valence-electron chi connectivity index (χ4n) is 5.72. The summed E-state index contributed by atoms with van der Waals surface area (Å²) in [6.07, 6.45) is 3.61. The number of carbonyl (C=O) groups is 1. The third-order valence-electron chi connectivity index (χ3n) is 8.33. The van der Waals surface area contributed by atoms with E-state index in [-0.39, 0.29) is 5.78 Å². The van der Waals surface area contributed by atoms with Gasteiger partial charge in [-0.1, -0.05) is 30.3 Å². The van der Waals surface area contributed by atoms with E-state index in [4.69, 9.17) is 10.2 Å². The van der Waals surface area contributed by atoms with Crippen molar-refractivity contribution in [3.05, 3.63) is 107 Å². The number of nitrogens with zero attached hydrogens (tertiary/aromatic N) is 6. The highest BCUT2D eigenvalue weighted by Crippen LogP contribution is 2.26. The third kappa shape index (κ3) is 6.36. The van der Waals surface area contributed by atoms with Crippen molar-refractivity contribution in [2.75, 3.05) is 69.2 Å². The molecule has 0 radical (unpaired) electrons. The Bertz CT molecular complexity index is 1610. The number of anilines is 2. The molecule has 0 spiro atoms. The second-order valence-electron chi connectivity index (χ2n) is 11.2. The van der Waals surface area contributed by atoms with Crippen molar-refractivity contribution in [3.63, 3.8) is 0 Å². The van der Waals surface area contributed by atoms with Crippen LogP contribution in [-0.2, 0) is 6.54 Å². The van der Waals surface area contributed by atoms with Crippen LogP contribution in [0.15, 0.2) is 84.9 Å². The summed E-state index contributed by atoms with van der Waals surface area (Å²) in [5.41, 5.74) is 5.70. The van der Waals surface area contributed by atoms with E-state index in [0.29, 0.717) is 11.1 Å². The molecular weight excluding hydrogens is 520 g/mol. The average Bonchev–Trinajstić information content (AvgIpc) is 3.04. The molecule has 6 rings (SSSR count). The van der Waals surface area contributed by atoms with E-state index in [9.17, 15) is 4.79 Å². The van der Waals surface area contributed by atoms with Crippen LogP contribution in [0.2, 0.25) is 0 Å². The molecule has 2 fully saturated rings. The Hall–Kier alpha value is -4.51. The molecule has 7 nitrogen and oxygen atoms in total. The van der Waals surface area contributed by atoms with Gasteiger partial charge in [0.05, 0.1) is 17.1 Å². The summed E-state index contributed by atoms with van der Waals surface area (Å²) in [5, 5.41) is 10.1. The molecule has 0 amide bonds. The normalized spacial score (nSPS) is 16.7. The number of nitriles is 1. The van der Waals surface area contributed by atoms with Gasteiger partial charge in [-0.3, -0.25) is 9.69 Å². The Morgan fingerprint density at radius 1 is 0.857 bits per heavy atom. The monoisotopic (exact) mass is 556 g/mol. The number of piperazine rings is 2. The Labute approximate surface area is 247 Å². The molecule has 0 bridgehead atoms. The zero-order valence-corrected chi connectivity index (χ0v) is 24.1. The van der Waals surface area contributed by atoms with Crippen LogP contribution in [0, 0.1) is 11.3 Å². The number of para-hydroxylation sites is 1. The van der Waals surface area contributed by atoms with E-state index in [1.807, 2.05) is 60.7 Å². The lowest BCUT2D eigenvalue weighted by atomic mass is 10.1. The van der Waals surface area contributed by atoms with E-state index in [0.717, 1.165) is 86.9 Å². The van der Waals surface area contributed by atoms with Gasteiger partial charge in [-0.15, -0.1) is 0 Å². The highest BCUT2D eigenvalue weighted by Gasteiger charge is 2.20. The number of benzene rings is 3. The molecule has 2 saturated heterocycles. The number of hydrogen-bond donors (Lipinski definition) is 0. The van der Waals surface area contributed by atoms with Crippen molar-refractivity contribution in [2.24, 2.45) is 0 Å². The van der Waals surface area contributed by atoms with Crippen molar-refractivity contribution >= 4 is 34.3 Å². The number of pyridine rings is 1. The van der Waals surface area contributed by atoms with Crippen LogP contribution in [-0.4, -0.2) is 80.0 Å². The van der Waals surface area contributed by atoms with Gasteiger partial charge in [0, 0.05) is 81.1 Å². The maximum absolute atomic E-state index is 13.2. The quantitative estimate of drug-likeness (QED) is 0.232. The summed E-state index contributed by atoms with van der Waals surface area (Å²) >= 11 is 0. The molecule has 4 aromatic rings. The minimum absolute atomic E-state index is 0.00808. The van der Waals surface area contributed by atoms with Gasteiger partial charge in [-0.05, 0) is 73.3 Å². The van der Waals surface area contributed by atoms with Crippen molar-refractivity contribution in [1.29, 1.82) is 5.26 Å². The lowest BCUT2D eigenvalue weighted by Gasteiger charge is -2.36. The number of hydrogen-bond acceptors (Lipinski definition) is 7. The van der Waals surface area contributed by atoms with E-state index in [1.54, 1.807) is 6.08 Å². The van der Waals surface area contributed by atoms with E-state index < -0.39 is 0 Å². The molecule has 7 heteroatoms. The molecule has 0 atom stereocenters. The number of allylic oxidation sites excluding steroid dienone is 1. The second kappa shape index (κ2) is 12.6. The van der Waals surface area contributed by atoms with Crippen LogP contribution in [0.3, 0.4) is 0 Å². The average molecular weight is 557 g/mol. The van der Waals surface area contributed by atoms with Gasteiger partial charge < -0.3 is 14.7 Å². The number of aromatic nitrogens is 1. The number of fused-ring (bicyclic) bond motifs is 1. The van der Waals surface area contributed by atoms with E-state index in [1.165, 1.54) is 5.56 Å². The first-order valence-corrected chi connectivity index (χ1v) is 14.7. The van der Waals surface area contributed by atoms with Crippen molar-refractivity contribution < 1.29 is 4.79 Å². The minimum Gasteiger partial charge on any atom is -0.369 e. The van der Waals surface area contributed by atoms with Gasteiger partial charge in [-0.25, -0.2) is 4.98 Å². The minimum atomic E-state index is -0.00808. The molecule has 0 aliphatic carbocycles. The zero-order valence-electron chi connectivity index (χ0n) is 24.1. The summed E-state index contributed by atoms with van der Waals surface area (Å²) in [6, 6.07) is 28.3. The summed E-state index contributed by atoms with van der Waals surface area (Å²) in [4.78, 5) is 27.7. The molecule has 0 saturated carbocycles. The van der Waals surface area contributed by atoms with Crippen LogP contribution < -0.4 is 9.80 Å². The first-order valence-electron chi connectivity index (χ1n) is 14.7. The van der Waals surface area contributed by atoms with Crippen molar-refractivity contribution in [3.8, 4) is 6.07 Å². The zero-order chi connectivity index (χ0) is 28.9. The van der Waals surface area contributed by atoms with E-state index in [2.05, 4.69) is 57.0 Å². The molecule has 0 unspecified atom stereocenters. The maximum atomic E-state index is 13.2. The Balaban J connectivity index is 1.10. The maximum Gasteiger partial charge on any atom is 0.185 e. The summed E-state index contributed by atoms with van der Waals surface area (Å²) in [5.74, 6) is 0.936. The molecule has 0 N–H and O–H groups in total. The van der Waals surface area contributed by atoms with Gasteiger partial charge in [0.15, 0.2) is 5.78 Å². The van der Waals surface area contributed by atoms with Gasteiger partial charge in [0.25, 0.3) is 0 Å². The number of likely N-dealkylation sites (N-methyl/N-ethyl adjacent to an activating group) is 1. The fraction of sp³-hybridized carbons (Fsp3) is 0.286. The summed E-state index contributed by atoms with van der Waals surface area (Å²) in [7, 11) is 2.15. The molecule has 3 aromatic carbocycles. The van der Waals surface area contributed by atoms with Crippen LogP contribution in [0.4, 0.5) is 11.5 Å². The number of rotatable bonds is 7. The molecular formula is C35H36N6O. The Kier molecular flexibility index (Phi) is 8.27. The second-order valence-corrected chi connectivity index (χ2v) is 11.2. The van der Waals surface area contributed by atoms with Crippen LogP contribution in [0.1, 0.15) is 27.0 Å². The molecule has 2 aliphatic heterocycles. The van der Waals surface area contributed by atoms with Crippen LogP contribution >= 0.6 is 0 Å². The number of ketones is 1. The van der Waals surface area contributed by atoms with Crippen molar-refractivity contribution in [2.45, 2.75) is 6.54 Å². The number of carbonyl (C=O) groups excluding carboxylic acids is 1. The van der Waals surface area contributed by atoms with Gasteiger partial charge in [-0.2, -0.15) is 5.26 Å².